The van der Waals surface area contributed by atoms with Gasteiger partial charge in [0.25, 0.3) is 0 Å². The van der Waals surface area contributed by atoms with Crippen molar-refractivity contribution in [3.8, 4) is 11.3 Å². The van der Waals surface area contributed by atoms with Gasteiger partial charge in [0.15, 0.2) is 5.69 Å². The van der Waals surface area contributed by atoms with E-state index in [1.807, 2.05) is 0 Å². The van der Waals surface area contributed by atoms with E-state index in [4.69, 9.17) is 28.9 Å². The molecule has 3 rings (SSSR count). The third-order valence-electron chi connectivity index (χ3n) is 4.43. The Balaban J connectivity index is 2.03. The summed E-state index contributed by atoms with van der Waals surface area (Å²) in [6.45, 7) is 1.46. The lowest BCUT2D eigenvalue weighted by Crippen LogP contribution is -2.50. The second-order valence-electron chi connectivity index (χ2n) is 6.45. The molecular weight excluding hydrogens is 388 g/mol. The van der Waals surface area contributed by atoms with Crippen LogP contribution in [0.15, 0.2) is 24.4 Å². The zero-order chi connectivity index (χ0) is 18.9. The Morgan fingerprint density at radius 3 is 2.54 bits per heavy atom. The van der Waals surface area contributed by atoms with Crippen molar-refractivity contribution >= 4 is 23.2 Å². The number of rotatable bonds is 3. The summed E-state index contributed by atoms with van der Waals surface area (Å²) in [5.74, 6) is 0. The molecule has 2 aromatic rings. The summed E-state index contributed by atoms with van der Waals surface area (Å²) < 4.78 is 40.8. The first-order valence-electron chi connectivity index (χ1n) is 8.07. The SMILES string of the molecule is NC1(Cc2cnc(-c3cccc(Cl)c3Cl)c(C(F)(F)F)n2)CCNCC1. The first-order chi connectivity index (χ1) is 12.2. The molecule has 1 aliphatic rings. The number of nitrogens with two attached hydrogens (primary N) is 1. The average Bonchev–Trinajstić information content (AvgIpc) is 2.57. The zero-order valence-corrected chi connectivity index (χ0v) is 15.2. The fraction of sp³-hybridized carbons (Fsp3) is 0.412. The van der Waals surface area contributed by atoms with E-state index in [9.17, 15) is 13.2 Å². The number of alkyl halides is 3. The summed E-state index contributed by atoms with van der Waals surface area (Å²) >= 11 is 12.0. The summed E-state index contributed by atoms with van der Waals surface area (Å²) in [6.07, 6.45) is -1.79. The van der Waals surface area contributed by atoms with E-state index in [2.05, 4.69) is 15.3 Å². The Morgan fingerprint density at radius 2 is 1.88 bits per heavy atom. The molecule has 0 unspecified atom stereocenters. The number of piperidine rings is 1. The van der Waals surface area contributed by atoms with Crippen LogP contribution in [0.2, 0.25) is 10.0 Å². The highest BCUT2D eigenvalue weighted by atomic mass is 35.5. The van der Waals surface area contributed by atoms with E-state index in [0.29, 0.717) is 12.8 Å². The van der Waals surface area contributed by atoms with Crippen molar-refractivity contribution in [3.05, 3.63) is 45.8 Å². The maximum atomic E-state index is 13.6. The molecule has 26 heavy (non-hydrogen) atoms. The van der Waals surface area contributed by atoms with Crippen LogP contribution in [0.1, 0.15) is 24.2 Å². The number of halogens is 5. The molecule has 140 valence electrons. The molecule has 4 nitrogen and oxygen atoms in total. The van der Waals surface area contributed by atoms with Gasteiger partial charge in [0.2, 0.25) is 0 Å². The standard InChI is InChI=1S/C17H17Cl2F3N4/c18-12-3-1-2-11(13(12)19)14-15(17(20,21)22)26-10(9-25-14)8-16(23)4-6-24-7-5-16/h1-3,9,24H,4-8,23H2. The summed E-state index contributed by atoms with van der Waals surface area (Å²) in [6, 6.07) is 4.45. The van der Waals surface area contributed by atoms with Crippen LogP contribution in [0.5, 0.6) is 0 Å². The minimum absolute atomic E-state index is 0.00960. The number of aromatic nitrogens is 2. The third kappa shape index (κ3) is 4.11. The topological polar surface area (TPSA) is 63.8 Å². The van der Waals surface area contributed by atoms with Crippen molar-refractivity contribution in [3.63, 3.8) is 0 Å². The first-order valence-corrected chi connectivity index (χ1v) is 8.82. The Bertz CT molecular complexity index is 805. The summed E-state index contributed by atoms with van der Waals surface area (Å²) in [5.41, 5.74) is 4.61. The van der Waals surface area contributed by atoms with Crippen LogP contribution in [0.4, 0.5) is 13.2 Å². The first kappa shape index (κ1) is 19.4. The molecule has 2 heterocycles. The van der Waals surface area contributed by atoms with Crippen molar-refractivity contribution in [2.24, 2.45) is 5.73 Å². The van der Waals surface area contributed by atoms with E-state index >= 15 is 0 Å². The highest BCUT2D eigenvalue weighted by Crippen LogP contribution is 2.39. The molecule has 3 N–H and O–H groups in total. The van der Waals surface area contributed by atoms with Crippen molar-refractivity contribution < 1.29 is 13.2 Å². The number of nitrogens with zero attached hydrogens (tertiary/aromatic N) is 2. The quantitative estimate of drug-likeness (QED) is 0.808. The highest BCUT2D eigenvalue weighted by Gasteiger charge is 2.38. The van der Waals surface area contributed by atoms with Gasteiger partial charge in [-0.1, -0.05) is 35.3 Å². The van der Waals surface area contributed by atoms with Gasteiger partial charge < -0.3 is 11.1 Å². The van der Waals surface area contributed by atoms with Crippen LogP contribution in [-0.2, 0) is 12.6 Å². The molecule has 0 amide bonds. The predicted octanol–water partition coefficient (Wildman–Crippen LogP) is 4.09. The molecule has 0 aliphatic carbocycles. The highest BCUT2D eigenvalue weighted by molar-refractivity contribution is 6.43. The van der Waals surface area contributed by atoms with Gasteiger partial charge in [-0.25, -0.2) is 4.98 Å². The Kier molecular flexibility index (Phi) is 5.44. The van der Waals surface area contributed by atoms with E-state index in [-0.39, 0.29) is 33.4 Å². The van der Waals surface area contributed by atoms with Crippen molar-refractivity contribution in [1.29, 1.82) is 0 Å². The minimum atomic E-state index is -4.68. The number of hydrogen-bond acceptors (Lipinski definition) is 4. The summed E-state index contributed by atoms with van der Waals surface area (Å²) in [7, 11) is 0. The molecule has 9 heteroatoms. The molecule has 0 atom stereocenters. The van der Waals surface area contributed by atoms with E-state index in [1.165, 1.54) is 24.4 Å². The minimum Gasteiger partial charge on any atom is -0.325 e. The molecule has 1 aromatic carbocycles. The van der Waals surface area contributed by atoms with Gasteiger partial charge in [-0.3, -0.25) is 4.98 Å². The van der Waals surface area contributed by atoms with Crippen LogP contribution < -0.4 is 11.1 Å². The maximum Gasteiger partial charge on any atom is 0.435 e. The fourth-order valence-electron chi connectivity index (χ4n) is 3.05. The van der Waals surface area contributed by atoms with E-state index in [1.54, 1.807) is 0 Å². The third-order valence-corrected chi connectivity index (χ3v) is 5.25. The Hall–Kier alpha value is -1.41. The monoisotopic (exact) mass is 404 g/mol. The summed E-state index contributed by atoms with van der Waals surface area (Å²) in [4.78, 5) is 7.86. The lowest BCUT2D eigenvalue weighted by atomic mass is 9.85. The lowest BCUT2D eigenvalue weighted by Gasteiger charge is -2.33. The number of benzene rings is 1. The molecule has 0 radical (unpaired) electrons. The fourth-order valence-corrected chi connectivity index (χ4v) is 3.44. The van der Waals surface area contributed by atoms with E-state index in [0.717, 1.165) is 13.1 Å². The largest absolute Gasteiger partial charge is 0.435 e. The summed E-state index contributed by atoms with van der Waals surface area (Å²) in [5, 5.41) is 3.34. The molecule has 0 bridgehead atoms. The van der Waals surface area contributed by atoms with Gasteiger partial charge in [-0.15, -0.1) is 0 Å². The van der Waals surface area contributed by atoms with Gasteiger partial charge in [-0.2, -0.15) is 13.2 Å². The molecular formula is C17H17Cl2F3N4. The van der Waals surface area contributed by atoms with Gasteiger partial charge in [0.05, 0.1) is 15.7 Å². The molecule has 1 aromatic heterocycles. The van der Waals surface area contributed by atoms with Crippen LogP contribution in [0.3, 0.4) is 0 Å². The molecule has 1 fully saturated rings. The van der Waals surface area contributed by atoms with E-state index < -0.39 is 17.4 Å². The van der Waals surface area contributed by atoms with Gasteiger partial charge in [-0.05, 0) is 32.0 Å². The zero-order valence-electron chi connectivity index (χ0n) is 13.7. The van der Waals surface area contributed by atoms with Crippen molar-refractivity contribution in [1.82, 2.24) is 15.3 Å². The number of nitrogens with one attached hydrogen (secondary N) is 1. The molecule has 1 saturated heterocycles. The van der Waals surface area contributed by atoms with Gasteiger partial charge in [0, 0.05) is 23.7 Å². The molecule has 1 aliphatic heterocycles. The van der Waals surface area contributed by atoms with Gasteiger partial charge in [0.1, 0.15) is 5.69 Å². The normalized spacial score (nSPS) is 17.3. The van der Waals surface area contributed by atoms with Crippen LogP contribution in [0, 0.1) is 0 Å². The van der Waals surface area contributed by atoms with Crippen LogP contribution in [0.25, 0.3) is 11.3 Å². The van der Waals surface area contributed by atoms with Crippen LogP contribution >= 0.6 is 23.2 Å². The molecule has 0 spiro atoms. The second-order valence-corrected chi connectivity index (χ2v) is 7.23. The van der Waals surface area contributed by atoms with Gasteiger partial charge >= 0.3 is 6.18 Å². The predicted molar refractivity (Wildman–Crippen MR) is 95.2 cm³/mol. The Morgan fingerprint density at radius 1 is 1.19 bits per heavy atom. The maximum absolute atomic E-state index is 13.6. The second kappa shape index (κ2) is 7.31. The van der Waals surface area contributed by atoms with Crippen molar-refractivity contribution in [2.75, 3.05) is 13.1 Å². The van der Waals surface area contributed by atoms with Crippen LogP contribution in [-0.4, -0.2) is 28.6 Å². The lowest BCUT2D eigenvalue weighted by molar-refractivity contribution is -0.141. The number of hydrogen-bond donors (Lipinski definition) is 2. The average molecular weight is 405 g/mol. The van der Waals surface area contributed by atoms with Crippen molar-refractivity contribution in [2.45, 2.75) is 31.0 Å². The smallest absolute Gasteiger partial charge is 0.325 e. The molecule has 0 saturated carbocycles. The Labute approximate surface area is 158 Å².